The second-order valence-corrected chi connectivity index (χ2v) is 4.65. The molecule has 0 saturated heterocycles. The zero-order chi connectivity index (χ0) is 12.2. The van der Waals surface area contributed by atoms with Crippen molar-refractivity contribution >= 4 is 0 Å². The van der Waals surface area contributed by atoms with Gasteiger partial charge in [0.1, 0.15) is 0 Å². The van der Waals surface area contributed by atoms with Crippen LogP contribution in [0.25, 0.3) is 0 Å². The van der Waals surface area contributed by atoms with Gasteiger partial charge in [-0.2, -0.15) is 5.26 Å². The van der Waals surface area contributed by atoms with Crippen molar-refractivity contribution in [2.24, 2.45) is 5.41 Å². The zero-order valence-electron chi connectivity index (χ0n) is 10.1. The van der Waals surface area contributed by atoms with Crippen LogP contribution in [0.15, 0.2) is 0 Å². The predicted molar refractivity (Wildman–Crippen MR) is 59.6 cm³/mol. The minimum Gasteiger partial charge on any atom is -0.396 e. The number of nitrogens with zero attached hydrogens (tertiary/aromatic N) is 4. The first-order valence-electron chi connectivity index (χ1n) is 5.43. The molecule has 0 aliphatic heterocycles. The summed E-state index contributed by atoms with van der Waals surface area (Å²) >= 11 is 0. The molecule has 0 spiro atoms. The summed E-state index contributed by atoms with van der Waals surface area (Å²) in [5.74, 6) is 0. The Morgan fingerprint density at radius 3 is 2.69 bits per heavy atom. The fourth-order valence-corrected chi connectivity index (χ4v) is 1.55. The van der Waals surface area contributed by atoms with Crippen molar-refractivity contribution in [2.75, 3.05) is 6.61 Å². The van der Waals surface area contributed by atoms with Gasteiger partial charge in [0, 0.05) is 12.0 Å². The van der Waals surface area contributed by atoms with Gasteiger partial charge in [0.15, 0.2) is 0 Å². The van der Waals surface area contributed by atoms with E-state index in [2.05, 4.69) is 16.4 Å². The lowest BCUT2D eigenvalue weighted by atomic mass is 9.95. The fraction of sp³-hybridized carbons (Fsp3) is 0.727. The lowest BCUT2D eigenvalue weighted by molar-refractivity contribution is 0.134. The Labute approximate surface area is 95.7 Å². The van der Waals surface area contributed by atoms with Gasteiger partial charge in [-0.05, 0) is 6.42 Å². The Morgan fingerprint density at radius 1 is 1.50 bits per heavy atom. The molecule has 0 atom stereocenters. The molecule has 1 heterocycles. The summed E-state index contributed by atoms with van der Waals surface area (Å²) < 4.78 is 1.79. The molecule has 1 rings (SSSR count). The first-order chi connectivity index (χ1) is 7.54. The molecule has 5 heteroatoms. The van der Waals surface area contributed by atoms with Gasteiger partial charge < -0.3 is 5.11 Å². The highest BCUT2D eigenvalue weighted by atomic mass is 16.3. The average Bonchev–Trinajstić information content (AvgIpc) is 2.60. The van der Waals surface area contributed by atoms with Gasteiger partial charge in [-0.25, -0.2) is 4.68 Å². The summed E-state index contributed by atoms with van der Waals surface area (Å²) in [6, 6.07) is 2.08. The monoisotopic (exact) mass is 222 g/mol. The molecule has 88 valence electrons. The molecule has 1 aromatic rings. The van der Waals surface area contributed by atoms with Crippen molar-refractivity contribution in [1.82, 2.24) is 15.0 Å². The second-order valence-electron chi connectivity index (χ2n) is 4.65. The number of rotatable bonds is 5. The van der Waals surface area contributed by atoms with Crippen LogP contribution in [0.1, 0.15) is 32.2 Å². The van der Waals surface area contributed by atoms with Crippen molar-refractivity contribution in [1.29, 1.82) is 5.26 Å². The van der Waals surface area contributed by atoms with Crippen molar-refractivity contribution in [3.63, 3.8) is 0 Å². The molecule has 0 fully saturated rings. The van der Waals surface area contributed by atoms with Gasteiger partial charge >= 0.3 is 0 Å². The number of aliphatic hydroxyl groups is 1. The molecular formula is C11H18N4O. The lowest BCUT2D eigenvalue weighted by Crippen LogP contribution is -2.25. The number of hydrogen-bond donors (Lipinski definition) is 1. The largest absolute Gasteiger partial charge is 0.396 e. The summed E-state index contributed by atoms with van der Waals surface area (Å²) in [7, 11) is 0. The zero-order valence-corrected chi connectivity index (χ0v) is 10.1. The van der Waals surface area contributed by atoms with Crippen molar-refractivity contribution < 1.29 is 5.11 Å². The molecule has 0 aliphatic carbocycles. The van der Waals surface area contributed by atoms with Crippen molar-refractivity contribution in [3.05, 3.63) is 11.4 Å². The fourth-order valence-electron chi connectivity index (χ4n) is 1.55. The van der Waals surface area contributed by atoms with Gasteiger partial charge in [0.25, 0.3) is 0 Å². The summed E-state index contributed by atoms with van der Waals surface area (Å²) in [4.78, 5) is 0. The molecule has 16 heavy (non-hydrogen) atoms. The molecule has 0 radical (unpaired) electrons. The normalized spacial score (nSPS) is 11.4. The van der Waals surface area contributed by atoms with Crippen LogP contribution in [0.4, 0.5) is 0 Å². The summed E-state index contributed by atoms with van der Waals surface area (Å²) in [5.41, 5.74) is 1.52. The minimum absolute atomic E-state index is 0.101. The summed E-state index contributed by atoms with van der Waals surface area (Å²) in [6.45, 7) is 6.67. The minimum atomic E-state index is -0.221. The lowest BCUT2D eigenvalue weighted by Gasteiger charge is -2.21. The molecule has 1 N–H and O–H groups in total. The molecule has 5 nitrogen and oxygen atoms in total. The van der Waals surface area contributed by atoms with Crippen LogP contribution < -0.4 is 0 Å². The predicted octanol–water partition coefficient (Wildman–Crippen LogP) is 0.925. The van der Waals surface area contributed by atoms with E-state index in [-0.39, 0.29) is 12.0 Å². The van der Waals surface area contributed by atoms with E-state index in [1.54, 1.807) is 4.68 Å². The van der Waals surface area contributed by atoms with Crippen LogP contribution in [-0.4, -0.2) is 26.7 Å². The SMILES string of the molecule is CCc1c(CC#N)nnn1CC(C)(C)CO. The molecule has 0 bridgehead atoms. The summed E-state index contributed by atoms with van der Waals surface area (Å²) in [5, 5.41) is 25.9. The van der Waals surface area contributed by atoms with Crippen molar-refractivity contribution in [2.45, 2.75) is 40.2 Å². The smallest absolute Gasteiger partial charge is 0.0999 e. The number of hydrogen-bond acceptors (Lipinski definition) is 4. The van der Waals surface area contributed by atoms with Gasteiger partial charge in [0.2, 0.25) is 0 Å². The standard InChI is InChI=1S/C11H18N4O/c1-4-10-9(5-6-12)13-14-15(10)7-11(2,3)8-16/h16H,4-5,7-8H2,1-3H3. The average molecular weight is 222 g/mol. The summed E-state index contributed by atoms with van der Waals surface area (Å²) in [6.07, 6.45) is 1.09. The Bertz CT molecular complexity index is 389. The van der Waals surface area contributed by atoms with Crippen LogP contribution in [-0.2, 0) is 19.4 Å². The first-order valence-corrected chi connectivity index (χ1v) is 5.43. The van der Waals surface area contributed by atoms with E-state index in [1.165, 1.54) is 0 Å². The molecule has 0 unspecified atom stereocenters. The Balaban J connectivity index is 2.93. The molecule has 0 aliphatic rings. The van der Waals surface area contributed by atoms with Crippen LogP contribution in [0.5, 0.6) is 0 Å². The quantitative estimate of drug-likeness (QED) is 0.804. The third-order valence-corrected chi connectivity index (χ3v) is 2.51. The third kappa shape index (κ3) is 2.80. The molecule has 0 saturated carbocycles. The number of nitriles is 1. The maximum absolute atomic E-state index is 9.22. The van der Waals surface area contributed by atoms with Crippen LogP contribution >= 0.6 is 0 Å². The van der Waals surface area contributed by atoms with Crippen LogP contribution in [0.3, 0.4) is 0 Å². The van der Waals surface area contributed by atoms with Gasteiger partial charge in [0.05, 0.1) is 30.4 Å². The van der Waals surface area contributed by atoms with E-state index in [4.69, 9.17) is 5.26 Å². The maximum atomic E-state index is 9.22. The number of aliphatic hydroxyl groups excluding tert-OH is 1. The molecular weight excluding hydrogens is 204 g/mol. The topological polar surface area (TPSA) is 74.7 Å². The highest BCUT2D eigenvalue weighted by Gasteiger charge is 2.21. The van der Waals surface area contributed by atoms with Gasteiger partial charge in [-0.15, -0.1) is 5.10 Å². The van der Waals surface area contributed by atoms with Crippen LogP contribution in [0, 0.1) is 16.7 Å². The molecule has 0 amide bonds. The van der Waals surface area contributed by atoms with E-state index in [1.807, 2.05) is 20.8 Å². The highest BCUT2D eigenvalue weighted by molar-refractivity contribution is 5.14. The van der Waals surface area contributed by atoms with Crippen molar-refractivity contribution in [3.8, 4) is 6.07 Å². The van der Waals surface area contributed by atoms with E-state index >= 15 is 0 Å². The highest BCUT2D eigenvalue weighted by Crippen LogP contribution is 2.18. The number of aromatic nitrogens is 3. The second kappa shape index (κ2) is 5.08. The maximum Gasteiger partial charge on any atom is 0.0999 e. The third-order valence-electron chi connectivity index (χ3n) is 2.51. The van der Waals surface area contributed by atoms with E-state index in [9.17, 15) is 5.11 Å². The van der Waals surface area contributed by atoms with Gasteiger partial charge in [-0.1, -0.05) is 26.0 Å². The van der Waals surface area contributed by atoms with Gasteiger partial charge in [-0.3, -0.25) is 0 Å². The Kier molecular flexibility index (Phi) is 4.02. The Hall–Kier alpha value is -1.41. The van der Waals surface area contributed by atoms with Crippen LogP contribution in [0.2, 0.25) is 0 Å². The Morgan fingerprint density at radius 2 is 2.19 bits per heavy atom. The molecule has 0 aromatic carbocycles. The van der Waals surface area contributed by atoms with E-state index in [0.717, 1.165) is 17.8 Å². The van der Waals surface area contributed by atoms with E-state index in [0.29, 0.717) is 13.0 Å². The molecule has 1 aromatic heterocycles. The van der Waals surface area contributed by atoms with E-state index < -0.39 is 0 Å². The first kappa shape index (κ1) is 12.7.